The lowest BCUT2D eigenvalue weighted by Gasteiger charge is -2.00. The summed E-state index contributed by atoms with van der Waals surface area (Å²) in [7, 11) is 0. The smallest absolute Gasteiger partial charge is 0.0807 e. The zero-order chi connectivity index (χ0) is 17.4. The van der Waals surface area contributed by atoms with Crippen LogP contribution in [-0.2, 0) is 0 Å². The van der Waals surface area contributed by atoms with Gasteiger partial charge in [-0.1, -0.05) is 44.2 Å². The zero-order valence-corrected chi connectivity index (χ0v) is 14.9. The number of rotatable bonds is 12. The van der Waals surface area contributed by atoms with Crippen LogP contribution in [0.1, 0.15) is 56.3 Å². The van der Waals surface area contributed by atoms with Crippen LogP contribution in [0.15, 0.2) is 58.8 Å². The lowest BCUT2D eigenvalue weighted by molar-refractivity contribution is 0.586. The maximum Gasteiger partial charge on any atom is 0.0807 e. The first kappa shape index (κ1) is 19.0. The molecule has 132 valence electrons. The molecule has 0 aliphatic heterocycles. The van der Waals surface area contributed by atoms with Gasteiger partial charge in [-0.15, -0.1) is 0 Å². The van der Waals surface area contributed by atoms with Crippen LogP contribution in [0.5, 0.6) is 0 Å². The molecule has 0 saturated carbocycles. The van der Waals surface area contributed by atoms with Crippen molar-refractivity contribution in [2.45, 2.75) is 44.9 Å². The molecule has 2 rings (SSSR count). The molecule has 2 aromatic heterocycles. The third-order valence-corrected chi connectivity index (χ3v) is 3.90. The minimum absolute atomic E-state index is 0.902. The highest BCUT2D eigenvalue weighted by atomic mass is 14.7. The van der Waals surface area contributed by atoms with Crippen LogP contribution in [-0.4, -0.2) is 35.5 Å². The lowest BCUT2D eigenvalue weighted by Crippen LogP contribution is -1.89. The number of unbranched alkanes of at least 4 members (excludes halogenated alkanes) is 6. The van der Waals surface area contributed by atoms with Crippen LogP contribution < -0.4 is 0 Å². The molecule has 2 heterocycles. The van der Waals surface area contributed by atoms with E-state index in [0.717, 1.165) is 37.3 Å². The Labute approximate surface area is 151 Å². The first-order valence-electron chi connectivity index (χ1n) is 9.27. The molecule has 0 fully saturated rings. The largest absolute Gasteiger partial charge is 0.291 e. The van der Waals surface area contributed by atoms with Crippen molar-refractivity contribution in [3.8, 4) is 0 Å². The Morgan fingerprint density at radius 2 is 1.04 bits per heavy atom. The van der Waals surface area contributed by atoms with Crippen LogP contribution in [0, 0.1) is 0 Å². The van der Waals surface area contributed by atoms with Crippen molar-refractivity contribution in [1.29, 1.82) is 0 Å². The Hall–Kier alpha value is -2.36. The van der Waals surface area contributed by atoms with E-state index in [-0.39, 0.29) is 0 Å². The Bertz CT molecular complexity index is 553. The van der Waals surface area contributed by atoms with Gasteiger partial charge in [-0.2, -0.15) is 0 Å². The van der Waals surface area contributed by atoms with Gasteiger partial charge in [0, 0.05) is 37.9 Å². The summed E-state index contributed by atoms with van der Waals surface area (Å²) in [6.07, 6.45) is 16.1. The molecule has 2 aromatic rings. The van der Waals surface area contributed by atoms with Crippen molar-refractivity contribution in [3.05, 3.63) is 60.2 Å². The summed E-state index contributed by atoms with van der Waals surface area (Å²) in [5, 5.41) is 0. The first-order valence-corrected chi connectivity index (χ1v) is 9.27. The van der Waals surface area contributed by atoms with Crippen LogP contribution in [0.25, 0.3) is 0 Å². The van der Waals surface area contributed by atoms with Gasteiger partial charge in [0.05, 0.1) is 11.4 Å². The molecule has 0 spiro atoms. The van der Waals surface area contributed by atoms with E-state index in [0.29, 0.717) is 0 Å². The van der Waals surface area contributed by atoms with E-state index < -0.39 is 0 Å². The molecule has 0 unspecified atom stereocenters. The van der Waals surface area contributed by atoms with E-state index in [2.05, 4.69) is 20.0 Å². The number of nitrogens with zero attached hydrogens (tertiary/aromatic N) is 4. The van der Waals surface area contributed by atoms with Crippen LogP contribution in [0.3, 0.4) is 0 Å². The molecule has 4 nitrogen and oxygen atoms in total. The van der Waals surface area contributed by atoms with E-state index in [1.807, 2.05) is 48.8 Å². The molecular weight excluding hydrogens is 308 g/mol. The predicted octanol–water partition coefficient (Wildman–Crippen LogP) is 4.75. The third-order valence-electron chi connectivity index (χ3n) is 3.90. The molecule has 0 amide bonds. The second kappa shape index (κ2) is 13.0. The van der Waals surface area contributed by atoms with Crippen molar-refractivity contribution in [2.24, 2.45) is 9.98 Å². The highest BCUT2D eigenvalue weighted by Crippen LogP contribution is 2.07. The van der Waals surface area contributed by atoms with E-state index in [4.69, 9.17) is 0 Å². The van der Waals surface area contributed by atoms with Gasteiger partial charge in [0.25, 0.3) is 0 Å². The number of aliphatic imine (C=N–C) groups is 2. The SMILES string of the molecule is C(=NCCCCCCCCCN=Cc1ccccn1)c1ccccn1. The summed E-state index contributed by atoms with van der Waals surface area (Å²) in [6, 6.07) is 11.8. The van der Waals surface area contributed by atoms with Gasteiger partial charge >= 0.3 is 0 Å². The molecule has 0 aliphatic carbocycles. The number of aromatic nitrogens is 2. The molecule has 25 heavy (non-hydrogen) atoms. The number of pyridine rings is 2. The summed E-state index contributed by atoms with van der Waals surface area (Å²) in [5.74, 6) is 0. The molecule has 0 bridgehead atoms. The molecule has 0 atom stereocenters. The summed E-state index contributed by atoms with van der Waals surface area (Å²) in [6.45, 7) is 1.80. The molecule has 0 aromatic carbocycles. The standard InChI is InChI=1S/C21H28N4/c1(2-4-8-14-22-18-20-12-6-10-16-24-20)3-5-9-15-23-19-21-13-7-11-17-25-21/h6-7,10-13,16-19H,1-5,8-9,14-15H2. The van der Waals surface area contributed by atoms with Crippen LogP contribution >= 0.6 is 0 Å². The van der Waals surface area contributed by atoms with Gasteiger partial charge in [-0.3, -0.25) is 20.0 Å². The quantitative estimate of drug-likeness (QED) is 0.415. The molecule has 4 heteroatoms. The number of hydrogen-bond donors (Lipinski definition) is 0. The highest BCUT2D eigenvalue weighted by molar-refractivity contribution is 5.77. The minimum atomic E-state index is 0.902. The van der Waals surface area contributed by atoms with Gasteiger partial charge in [-0.05, 0) is 37.1 Å². The molecule has 0 aliphatic rings. The highest BCUT2D eigenvalue weighted by Gasteiger charge is 1.92. The maximum absolute atomic E-state index is 4.43. The summed E-state index contributed by atoms with van der Waals surface area (Å²) in [5.41, 5.74) is 1.88. The van der Waals surface area contributed by atoms with Crippen LogP contribution in [0.2, 0.25) is 0 Å². The van der Waals surface area contributed by atoms with Crippen molar-refractivity contribution in [3.63, 3.8) is 0 Å². The van der Waals surface area contributed by atoms with E-state index in [9.17, 15) is 0 Å². The predicted molar refractivity (Wildman–Crippen MR) is 106 cm³/mol. The van der Waals surface area contributed by atoms with Crippen molar-refractivity contribution >= 4 is 12.4 Å². The molecule has 0 saturated heterocycles. The Balaban J connectivity index is 1.37. The fraction of sp³-hybridized carbons (Fsp3) is 0.429. The number of hydrogen-bond acceptors (Lipinski definition) is 4. The van der Waals surface area contributed by atoms with Gasteiger partial charge in [0.1, 0.15) is 0 Å². The van der Waals surface area contributed by atoms with Gasteiger partial charge in [0.2, 0.25) is 0 Å². The van der Waals surface area contributed by atoms with Gasteiger partial charge in [0.15, 0.2) is 0 Å². The van der Waals surface area contributed by atoms with Crippen molar-refractivity contribution in [2.75, 3.05) is 13.1 Å². The normalized spacial score (nSPS) is 11.5. The average molecular weight is 336 g/mol. The maximum atomic E-state index is 4.43. The van der Waals surface area contributed by atoms with E-state index in [1.54, 1.807) is 12.4 Å². The lowest BCUT2D eigenvalue weighted by atomic mass is 10.1. The van der Waals surface area contributed by atoms with Crippen molar-refractivity contribution < 1.29 is 0 Å². The zero-order valence-electron chi connectivity index (χ0n) is 14.9. The molecule has 0 radical (unpaired) electrons. The van der Waals surface area contributed by atoms with E-state index in [1.165, 1.54) is 32.1 Å². The summed E-state index contributed by atoms with van der Waals surface area (Å²) >= 11 is 0. The minimum Gasteiger partial charge on any atom is -0.291 e. The second-order valence-electron chi connectivity index (χ2n) is 6.05. The Kier molecular flexibility index (Phi) is 9.86. The second-order valence-corrected chi connectivity index (χ2v) is 6.05. The Morgan fingerprint density at radius 3 is 1.44 bits per heavy atom. The molecule has 0 N–H and O–H groups in total. The average Bonchev–Trinajstić information content (AvgIpc) is 2.67. The van der Waals surface area contributed by atoms with Crippen LogP contribution in [0.4, 0.5) is 0 Å². The fourth-order valence-electron chi connectivity index (χ4n) is 2.51. The monoisotopic (exact) mass is 336 g/mol. The van der Waals surface area contributed by atoms with Gasteiger partial charge < -0.3 is 0 Å². The van der Waals surface area contributed by atoms with E-state index >= 15 is 0 Å². The van der Waals surface area contributed by atoms with Gasteiger partial charge in [-0.25, -0.2) is 0 Å². The fourth-order valence-corrected chi connectivity index (χ4v) is 2.51. The summed E-state index contributed by atoms with van der Waals surface area (Å²) in [4.78, 5) is 17.3. The molecular formula is C21H28N4. The Morgan fingerprint density at radius 1 is 0.600 bits per heavy atom. The topological polar surface area (TPSA) is 50.5 Å². The third kappa shape index (κ3) is 9.50. The van der Waals surface area contributed by atoms with Crippen molar-refractivity contribution in [1.82, 2.24) is 9.97 Å². The first-order chi connectivity index (χ1) is 12.4. The summed E-state index contributed by atoms with van der Waals surface area (Å²) < 4.78 is 0.